The molecule has 2 rings (SSSR count). The molecule has 1 saturated heterocycles. The average molecular weight is 315 g/mol. The van der Waals surface area contributed by atoms with Gasteiger partial charge in [0, 0.05) is 12.6 Å². The first-order chi connectivity index (χ1) is 9.78. The molecule has 1 aromatic carbocycles. The van der Waals surface area contributed by atoms with Gasteiger partial charge >= 0.3 is 0 Å². The molecule has 1 aliphatic rings. The highest BCUT2D eigenvalue weighted by Crippen LogP contribution is 2.18. The number of hydrogen-bond acceptors (Lipinski definition) is 4. The molecule has 4 nitrogen and oxygen atoms in total. The van der Waals surface area contributed by atoms with Crippen molar-refractivity contribution in [2.24, 2.45) is 5.73 Å². The van der Waals surface area contributed by atoms with Gasteiger partial charge < -0.3 is 15.2 Å². The quantitative estimate of drug-likeness (QED) is 0.840. The van der Waals surface area contributed by atoms with Crippen molar-refractivity contribution in [3.05, 3.63) is 24.3 Å². The van der Waals surface area contributed by atoms with Crippen molar-refractivity contribution in [1.29, 1.82) is 0 Å². The number of nitrogens with two attached hydrogens (primary N) is 1. The molecule has 1 fully saturated rings. The molecular weight excluding hydrogens is 288 g/mol. The second-order valence-corrected chi connectivity index (χ2v) is 5.35. The fraction of sp³-hybridized carbons (Fsp3) is 0.625. The minimum absolute atomic E-state index is 0. The molecule has 0 unspecified atom stereocenters. The molecule has 2 N–H and O–H groups in total. The van der Waals surface area contributed by atoms with E-state index >= 15 is 0 Å². The number of rotatable bonds is 7. The third-order valence-corrected chi connectivity index (χ3v) is 3.61. The van der Waals surface area contributed by atoms with Gasteiger partial charge in [0.2, 0.25) is 0 Å². The molecule has 0 atom stereocenters. The number of benzene rings is 1. The number of halogens is 1. The topological polar surface area (TPSA) is 47.7 Å². The van der Waals surface area contributed by atoms with Crippen molar-refractivity contribution < 1.29 is 9.47 Å². The Hall–Kier alpha value is -0.970. The second-order valence-electron chi connectivity index (χ2n) is 5.35. The van der Waals surface area contributed by atoms with E-state index in [2.05, 4.69) is 11.8 Å². The molecular formula is C16H27ClN2O2. The van der Waals surface area contributed by atoms with Crippen molar-refractivity contribution >= 4 is 12.4 Å². The van der Waals surface area contributed by atoms with Crippen molar-refractivity contribution in [3.8, 4) is 11.5 Å². The molecule has 0 saturated carbocycles. The molecule has 0 radical (unpaired) electrons. The molecule has 1 aromatic rings. The highest BCUT2D eigenvalue weighted by atomic mass is 35.5. The number of ether oxygens (including phenoxy) is 2. The van der Waals surface area contributed by atoms with Gasteiger partial charge in [-0.1, -0.05) is 6.92 Å². The third kappa shape index (κ3) is 6.55. The Morgan fingerprint density at radius 1 is 1.05 bits per heavy atom. The van der Waals surface area contributed by atoms with E-state index in [0.717, 1.165) is 63.6 Å². The van der Waals surface area contributed by atoms with Crippen LogP contribution in [0.3, 0.4) is 0 Å². The molecule has 1 heterocycles. The Balaban J connectivity index is 0.00000220. The predicted octanol–water partition coefficient (Wildman–Crippen LogP) is 2.70. The third-order valence-electron chi connectivity index (χ3n) is 3.61. The van der Waals surface area contributed by atoms with E-state index in [4.69, 9.17) is 15.2 Å². The van der Waals surface area contributed by atoms with Crippen LogP contribution in [0.5, 0.6) is 11.5 Å². The van der Waals surface area contributed by atoms with Crippen LogP contribution in [0.15, 0.2) is 24.3 Å². The van der Waals surface area contributed by atoms with Crippen molar-refractivity contribution in [2.45, 2.75) is 32.2 Å². The summed E-state index contributed by atoms with van der Waals surface area (Å²) in [5.74, 6) is 1.81. The van der Waals surface area contributed by atoms with Crippen molar-refractivity contribution in [2.75, 3.05) is 32.8 Å². The summed E-state index contributed by atoms with van der Waals surface area (Å²) in [5, 5.41) is 0. The average Bonchev–Trinajstić information content (AvgIpc) is 2.48. The van der Waals surface area contributed by atoms with E-state index < -0.39 is 0 Å². The zero-order valence-electron chi connectivity index (χ0n) is 12.8. The minimum Gasteiger partial charge on any atom is -0.494 e. The van der Waals surface area contributed by atoms with Crippen LogP contribution >= 0.6 is 12.4 Å². The number of piperidine rings is 1. The van der Waals surface area contributed by atoms with Gasteiger partial charge in [0.15, 0.2) is 0 Å². The van der Waals surface area contributed by atoms with Gasteiger partial charge in [-0.2, -0.15) is 0 Å². The number of hydrogen-bond donors (Lipinski definition) is 1. The lowest BCUT2D eigenvalue weighted by atomic mass is 10.1. The fourth-order valence-electron chi connectivity index (χ4n) is 2.32. The van der Waals surface area contributed by atoms with Gasteiger partial charge in [0.25, 0.3) is 0 Å². The highest BCUT2D eigenvalue weighted by molar-refractivity contribution is 5.85. The predicted molar refractivity (Wildman–Crippen MR) is 88.6 cm³/mol. The lowest BCUT2D eigenvalue weighted by Crippen LogP contribution is -2.41. The van der Waals surface area contributed by atoms with Gasteiger partial charge in [-0.05, 0) is 56.6 Å². The molecule has 5 heteroatoms. The minimum atomic E-state index is 0. The van der Waals surface area contributed by atoms with E-state index in [9.17, 15) is 0 Å². The second kappa shape index (κ2) is 9.87. The zero-order valence-corrected chi connectivity index (χ0v) is 13.6. The Morgan fingerprint density at radius 2 is 1.57 bits per heavy atom. The Bertz CT molecular complexity index is 378. The van der Waals surface area contributed by atoms with Crippen molar-refractivity contribution in [1.82, 2.24) is 4.90 Å². The van der Waals surface area contributed by atoms with Crippen LogP contribution in [0, 0.1) is 0 Å². The van der Waals surface area contributed by atoms with Gasteiger partial charge in [0.1, 0.15) is 18.1 Å². The first-order valence-corrected chi connectivity index (χ1v) is 7.61. The summed E-state index contributed by atoms with van der Waals surface area (Å²) in [4.78, 5) is 2.42. The van der Waals surface area contributed by atoms with E-state index in [1.165, 1.54) is 0 Å². The van der Waals surface area contributed by atoms with Crippen molar-refractivity contribution in [3.63, 3.8) is 0 Å². The van der Waals surface area contributed by atoms with E-state index in [1.54, 1.807) is 0 Å². The normalized spacial score (nSPS) is 16.3. The summed E-state index contributed by atoms with van der Waals surface area (Å²) in [5.41, 5.74) is 5.90. The maximum Gasteiger partial charge on any atom is 0.119 e. The maximum atomic E-state index is 5.90. The molecule has 0 spiro atoms. The first kappa shape index (κ1) is 18.1. The SMILES string of the molecule is CCCOc1ccc(OCCN2CCC(N)CC2)cc1.Cl. The smallest absolute Gasteiger partial charge is 0.119 e. The van der Waals surface area contributed by atoms with Crippen LogP contribution in [-0.2, 0) is 0 Å². The van der Waals surface area contributed by atoms with Crippen LogP contribution < -0.4 is 15.2 Å². The Labute approximate surface area is 134 Å². The summed E-state index contributed by atoms with van der Waals surface area (Å²) in [6.45, 7) is 6.75. The summed E-state index contributed by atoms with van der Waals surface area (Å²) in [7, 11) is 0. The molecule has 21 heavy (non-hydrogen) atoms. The first-order valence-electron chi connectivity index (χ1n) is 7.61. The van der Waals surface area contributed by atoms with E-state index in [0.29, 0.717) is 6.04 Å². The fourth-order valence-corrected chi connectivity index (χ4v) is 2.32. The molecule has 0 aliphatic carbocycles. The number of likely N-dealkylation sites (tertiary alicyclic amines) is 1. The molecule has 120 valence electrons. The molecule has 1 aliphatic heterocycles. The lowest BCUT2D eigenvalue weighted by Gasteiger charge is -2.29. The van der Waals surface area contributed by atoms with Gasteiger partial charge in [-0.15, -0.1) is 12.4 Å². The largest absolute Gasteiger partial charge is 0.494 e. The Morgan fingerprint density at radius 3 is 2.10 bits per heavy atom. The monoisotopic (exact) mass is 314 g/mol. The van der Waals surface area contributed by atoms with E-state index in [1.807, 2.05) is 24.3 Å². The standard InChI is InChI=1S/C16H26N2O2.ClH/c1-2-12-19-15-3-5-16(6-4-15)20-13-11-18-9-7-14(17)8-10-18;/h3-6,14H,2,7-13,17H2,1H3;1H. The summed E-state index contributed by atoms with van der Waals surface area (Å²) in [6.07, 6.45) is 3.23. The molecule has 0 aromatic heterocycles. The highest BCUT2D eigenvalue weighted by Gasteiger charge is 2.15. The lowest BCUT2D eigenvalue weighted by molar-refractivity contribution is 0.174. The van der Waals surface area contributed by atoms with Gasteiger partial charge in [-0.3, -0.25) is 4.90 Å². The zero-order chi connectivity index (χ0) is 14.2. The van der Waals surface area contributed by atoms with Crippen LogP contribution in [0.2, 0.25) is 0 Å². The summed E-state index contributed by atoms with van der Waals surface area (Å²) < 4.78 is 11.3. The van der Waals surface area contributed by atoms with Crippen LogP contribution in [0.4, 0.5) is 0 Å². The van der Waals surface area contributed by atoms with E-state index in [-0.39, 0.29) is 12.4 Å². The number of nitrogens with zero attached hydrogens (tertiary/aromatic N) is 1. The van der Waals surface area contributed by atoms with Gasteiger partial charge in [0.05, 0.1) is 6.61 Å². The van der Waals surface area contributed by atoms with Crippen LogP contribution in [-0.4, -0.2) is 43.8 Å². The summed E-state index contributed by atoms with van der Waals surface area (Å²) in [6, 6.07) is 8.26. The molecule has 0 amide bonds. The Kier molecular flexibility index (Phi) is 8.50. The maximum absolute atomic E-state index is 5.90. The van der Waals surface area contributed by atoms with Crippen LogP contribution in [0.1, 0.15) is 26.2 Å². The van der Waals surface area contributed by atoms with Gasteiger partial charge in [-0.25, -0.2) is 0 Å². The molecule has 0 bridgehead atoms. The van der Waals surface area contributed by atoms with Crippen LogP contribution in [0.25, 0.3) is 0 Å². The summed E-state index contributed by atoms with van der Waals surface area (Å²) >= 11 is 0.